The summed E-state index contributed by atoms with van der Waals surface area (Å²) in [5, 5.41) is 2.96. The van der Waals surface area contributed by atoms with Crippen LogP contribution in [0.15, 0.2) is 35.1 Å². The molecule has 5 nitrogen and oxygen atoms in total. The van der Waals surface area contributed by atoms with Crippen LogP contribution in [-0.2, 0) is 0 Å². The lowest BCUT2D eigenvalue weighted by molar-refractivity contribution is 0.102. The second-order valence-electron chi connectivity index (χ2n) is 3.52. The van der Waals surface area contributed by atoms with Crippen LogP contribution in [0.3, 0.4) is 0 Å². The molecule has 0 atom stereocenters. The van der Waals surface area contributed by atoms with Gasteiger partial charge in [-0.05, 0) is 18.2 Å². The van der Waals surface area contributed by atoms with E-state index in [4.69, 9.17) is 16.3 Å². The molecule has 0 bridgehead atoms. The number of aromatic nitrogens is 2. The summed E-state index contributed by atoms with van der Waals surface area (Å²) in [6.07, 6.45) is 2.82. The quantitative estimate of drug-likeness (QED) is 0.930. The summed E-state index contributed by atoms with van der Waals surface area (Å²) in [5.74, 6) is 0.349. The Bertz CT molecular complexity index is 604. The molecule has 19 heavy (non-hydrogen) atoms. The SMILES string of the molecule is COc1cnc(NC(=O)c2ccc(Br)cc2Cl)cn1. The van der Waals surface area contributed by atoms with E-state index in [0.29, 0.717) is 22.3 Å². The van der Waals surface area contributed by atoms with Gasteiger partial charge in [-0.1, -0.05) is 27.5 Å². The lowest BCUT2D eigenvalue weighted by Crippen LogP contribution is -2.13. The minimum atomic E-state index is -0.350. The van der Waals surface area contributed by atoms with Crippen molar-refractivity contribution >= 4 is 39.3 Å². The molecule has 0 aliphatic heterocycles. The van der Waals surface area contributed by atoms with Gasteiger partial charge in [0.05, 0.1) is 30.1 Å². The van der Waals surface area contributed by atoms with Gasteiger partial charge in [0.25, 0.3) is 5.91 Å². The number of hydrogen-bond acceptors (Lipinski definition) is 4. The van der Waals surface area contributed by atoms with Crippen LogP contribution >= 0.6 is 27.5 Å². The zero-order valence-electron chi connectivity index (χ0n) is 9.85. The van der Waals surface area contributed by atoms with E-state index >= 15 is 0 Å². The third-order valence-corrected chi connectivity index (χ3v) is 3.06. The van der Waals surface area contributed by atoms with Gasteiger partial charge >= 0.3 is 0 Å². The first-order chi connectivity index (χ1) is 9.10. The summed E-state index contributed by atoms with van der Waals surface area (Å²) in [5.41, 5.74) is 0.363. The molecule has 0 saturated heterocycles. The Kier molecular flexibility index (Phi) is 4.34. The Hall–Kier alpha value is -1.66. The molecule has 0 fully saturated rings. The molecule has 0 radical (unpaired) electrons. The third kappa shape index (κ3) is 3.42. The number of benzene rings is 1. The van der Waals surface area contributed by atoms with Gasteiger partial charge in [0.2, 0.25) is 5.88 Å². The highest BCUT2D eigenvalue weighted by molar-refractivity contribution is 9.10. The minimum Gasteiger partial charge on any atom is -0.480 e. The van der Waals surface area contributed by atoms with Crippen LogP contribution in [0.1, 0.15) is 10.4 Å². The fourth-order valence-electron chi connectivity index (χ4n) is 1.34. The van der Waals surface area contributed by atoms with E-state index in [2.05, 4.69) is 31.2 Å². The maximum atomic E-state index is 12.0. The van der Waals surface area contributed by atoms with Crippen molar-refractivity contribution in [3.05, 3.63) is 45.7 Å². The van der Waals surface area contributed by atoms with Crippen LogP contribution < -0.4 is 10.1 Å². The van der Waals surface area contributed by atoms with Crippen molar-refractivity contribution in [1.82, 2.24) is 9.97 Å². The predicted molar refractivity (Wildman–Crippen MR) is 75.7 cm³/mol. The van der Waals surface area contributed by atoms with E-state index in [1.54, 1.807) is 18.2 Å². The first-order valence-electron chi connectivity index (χ1n) is 5.22. The van der Waals surface area contributed by atoms with Crippen LogP contribution in [-0.4, -0.2) is 23.0 Å². The Balaban J connectivity index is 2.15. The largest absolute Gasteiger partial charge is 0.480 e. The van der Waals surface area contributed by atoms with Gasteiger partial charge in [0, 0.05) is 4.47 Å². The summed E-state index contributed by atoms with van der Waals surface area (Å²) in [7, 11) is 1.49. The standard InChI is InChI=1S/C12H9BrClN3O2/c1-19-11-6-15-10(5-16-11)17-12(18)8-3-2-7(13)4-9(8)14/h2-6H,1H3,(H,15,17,18). The molecule has 0 aliphatic carbocycles. The number of methoxy groups -OCH3 is 1. The van der Waals surface area contributed by atoms with E-state index < -0.39 is 0 Å². The van der Waals surface area contributed by atoms with Crippen molar-refractivity contribution in [2.45, 2.75) is 0 Å². The Morgan fingerprint density at radius 3 is 2.74 bits per heavy atom. The molecule has 98 valence electrons. The first kappa shape index (κ1) is 13.8. The Labute approximate surface area is 123 Å². The number of ether oxygens (including phenoxy) is 1. The van der Waals surface area contributed by atoms with E-state index in [1.807, 2.05) is 0 Å². The molecule has 1 aromatic heterocycles. The van der Waals surface area contributed by atoms with Crippen LogP contribution in [0.5, 0.6) is 5.88 Å². The van der Waals surface area contributed by atoms with Crippen molar-refractivity contribution in [2.24, 2.45) is 0 Å². The van der Waals surface area contributed by atoms with Gasteiger partial charge in [0.1, 0.15) is 0 Å². The smallest absolute Gasteiger partial charge is 0.258 e. The summed E-state index contributed by atoms with van der Waals surface area (Å²) in [6, 6.07) is 5.01. The van der Waals surface area contributed by atoms with E-state index in [0.717, 1.165) is 4.47 Å². The number of rotatable bonds is 3. The maximum absolute atomic E-state index is 12.0. The third-order valence-electron chi connectivity index (χ3n) is 2.25. The fourth-order valence-corrected chi connectivity index (χ4v) is 2.10. The molecule has 1 amide bonds. The van der Waals surface area contributed by atoms with Gasteiger partial charge in [-0.3, -0.25) is 4.79 Å². The predicted octanol–water partition coefficient (Wildman–Crippen LogP) is 3.15. The van der Waals surface area contributed by atoms with Crippen LogP contribution in [0, 0.1) is 0 Å². The van der Waals surface area contributed by atoms with Gasteiger partial charge in [-0.25, -0.2) is 9.97 Å². The number of nitrogens with zero attached hydrogens (tertiary/aromatic N) is 2. The summed E-state index contributed by atoms with van der Waals surface area (Å²) in [6.45, 7) is 0. The summed E-state index contributed by atoms with van der Waals surface area (Å²) >= 11 is 9.27. The number of halogens is 2. The van der Waals surface area contributed by atoms with Crippen LogP contribution in [0.4, 0.5) is 5.82 Å². The molecule has 1 heterocycles. The van der Waals surface area contributed by atoms with Gasteiger partial charge in [-0.2, -0.15) is 0 Å². The Morgan fingerprint density at radius 1 is 1.37 bits per heavy atom. The molecule has 2 aromatic rings. The number of nitrogens with one attached hydrogen (secondary N) is 1. The topological polar surface area (TPSA) is 64.1 Å². The minimum absolute atomic E-state index is 0.324. The van der Waals surface area contributed by atoms with Crippen LogP contribution in [0.25, 0.3) is 0 Å². The highest BCUT2D eigenvalue weighted by Crippen LogP contribution is 2.22. The maximum Gasteiger partial charge on any atom is 0.258 e. The first-order valence-corrected chi connectivity index (χ1v) is 6.39. The molecule has 1 N–H and O–H groups in total. The number of carbonyl (C=O) groups excluding carboxylic acids is 1. The van der Waals surface area contributed by atoms with Crippen molar-refractivity contribution in [3.63, 3.8) is 0 Å². The zero-order valence-corrected chi connectivity index (χ0v) is 12.2. The molecule has 0 unspecified atom stereocenters. The number of anilines is 1. The van der Waals surface area contributed by atoms with Crippen molar-refractivity contribution in [1.29, 1.82) is 0 Å². The number of carbonyl (C=O) groups is 1. The second kappa shape index (κ2) is 5.99. The van der Waals surface area contributed by atoms with Crippen LogP contribution in [0.2, 0.25) is 5.02 Å². The van der Waals surface area contributed by atoms with E-state index in [9.17, 15) is 4.79 Å². The lowest BCUT2D eigenvalue weighted by Gasteiger charge is -2.06. The average molecular weight is 343 g/mol. The van der Waals surface area contributed by atoms with Crippen molar-refractivity contribution in [2.75, 3.05) is 12.4 Å². The highest BCUT2D eigenvalue weighted by Gasteiger charge is 2.11. The molecular formula is C12H9BrClN3O2. The normalized spacial score (nSPS) is 10.1. The zero-order chi connectivity index (χ0) is 13.8. The van der Waals surface area contributed by atoms with Gasteiger partial charge < -0.3 is 10.1 Å². The summed E-state index contributed by atoms with van der Waals surface area (Å²) in [4.78, 5) is 19.9. The molecule has 0 spiro atoms. The average Bonchev–Trinajstić information content (AvgIpc) is 2.39. The molecular weight excluding hydrogens is 334 g/mol. The van der Waals surface area contributed by atoms with Crippen molar-refractivity contribution in [3.8, 4) is 5.88 Å². The van der Waals surface area contributed by atoms with Gasteiger partial charge in [-0.15, -0.1) is 0 Å². The Morgan fingerprint density at radius 2 is 2.16 bits per heavy atom. The highest BCUT2D eigenvalue weighted by atomic mass is 79.9. The van der Waals surface area contributed by atoms with Crippen molar-refractivity contribution < 1.29 is 9.53 Å². The molecule has 2 rings (SSSR count). The molecule has 0 aliphatic rings. The molecule has 1 aromatic carbocycles. The second-order valence-corrected chi connectivity index (χ2v) is 4.85. The summed E-state index contributed by atoms with van der Waals surface area (Å²) < 4.78 is 5.68. The lowest BCUT2D eigenvalue weighted by atomic mass is 10.2. The number of hydrogen-bond donors (Lipinski definition) is 1. The number of amides is 1. The molecule has 7 heteroatoms. The van der Waals surface area contributed by atoms with E-state index in [1.165, 1.54) is 19.5 Å². The molecule has 0 saturated carbocycles. The fraction of sp³-hybridized carbons (Fsp3) is 0.0833. The van der Waals surface area contributed by atoms with Gasteiger partial charge in [0.15, 0.2) is 5.82 Å². The monoisotopic (exact) mass is 341 g/mol. The van der Waals surface area contributed by atoms with E-state index in [-0.39, 0.29) is 5.91 Å².